The van der Waals surface area contributed by atoms with Gasteiger partial charge in [-0.2, -0.15) is 5.10 Å². The standard InChI is InChI=1S/C9H11IN4O/c1-15-8-4-2-3-7(10)6(8)5-13-14-9(11)12/h2-5H,1H3,(H4,11,12,14). The largest absolute Gasteiger partial charge is 0.496 e. The molecule has 0 fully saturated rings. The number of methoxy groups -OCH3 is 1. The topological polar surface area (TPSA) is 86.0 Å². The molecule has 5 nitrogen and oxygen atoms in total. The van der Waals surface area contributed by atoms with Crippen LogP contribution in [0.2, 0.25) is 0 Å². The molecule has 0 unspecified atom stereocenters. The van der Waals surface area contributed by atoms with Crippen molar-refractivity contribution in [3.8, 4) is 5.75 Å². The highest BCUT2D eigenvalue weighted by atomic mass is 127. The summed E-state index contributed by atoms with van der Waals surface area (Å²) >= 11 is 2.18. The van der Waals surface area contributed by atoms with Crippen LogP contribution in [0.3, 0.4) is 0 Å². The van der Waals surface area contributed by atoms with Crippen molar-refractivity contribution in [2.45, 2.75) is 0 Å². The molecule has 1 aromatic rings. The quantitative estimate of drug-likeness (QED) is 0.376. The lowest BCUT2D eigenvalue weighted by atomic mass is 10.2. The summed E-state index contributed by atoms with van der Waals surface area (Å²) in [7, 11) is 1.60. The van der Waals surface area contributed by atoms with Gasteiger partial charge in [0.05, 0.1) is 18.9 Å². The zero-order valence-corrected chi connectivity index (χ0v) is 10.3. The van der Waals surface area contributed by atoms with Crippen molar-refractivity contribution in [2.75, 3.05) is 7.11 Å². The Bertz CT molecular complexity index is 399. The van der Waals surface area contributed by atoms with E-state index in [0.717, 1.165) is 14.9 Å². The van der Waals surface area contributed by atoms with E-state index in [1.54, 1.807) is 13.3 Å². The Hall–Kier alpha value is -1.31. The minimum Gasteiger partial charge on any atom is -0.496 e. The van der Waals surface area contributed by atoms with Crippen LogP contribution in [0.1, 0.15) is 5.56 Å². The maximum Gasteiger partial charge on any atom is 0.211 e. The average Bonchev–Trinajstić information content (AvgIpc) is 2.20. The van der Waals surface area contributed by atoms with Gasteiger partial charge in [0.25, 0.3) is 0 Å². The number of halogens is 1. The first-order valence-electron chi connectivity index (χ1n) is 4.09. The fourth-order valence-corrected chi connectivity index (χ4v) is 1.59. The Kier molecular flexibility index (Phi) is 4.35. The van der Waals surface area contributed by atoms with E-state index in [-0.39, 0.29) is 5.96 Å². The Labute approximate surface area is 101 Å². The summed E-state index contributed by atoms with van der Waals surface area (Å²) < 4.78 is 6.19. The van der Waals surface area contributed by atoms with Crippen LogP contribution in [0.15, 0.2) is 28.4 Å². The second-order valence-electron chi connectivity index (χ2n) is 2.63. The van der Waals surface area contributed by atoms with Crippen LogP contribution in [-0.2, 0) is 0 Å². The van der Waals surface area contributed by atoms with Gasteiger partial charge >= 0.3 is 0 Å². The first kappa shape index (κ1) is 11.8. The number of benzene rings is 1. The predicted octanol–water partition coefficient (Wildman–Crippen LogP) is 0.907. The van der Waals surface area contributed by atoms with Gasteiger partial charge in [-0.25, -0.2) is 0 Å². The van der Waals surface area contributed by atoms with Crippen molar-refractivity contribution in [1.29, 1.82) is 0 Å². The van der Waals surface area contributed by atoms with Crippen molar-refractivity contribution in [3.63, 3.8) is 0 Å². The first-order chi connectivity index (χ1) is 7.15. The predicted molar refractivity (Wildman–Crippen MR) is 69.1 cm³/mol. The summed E-state index contributed by atoms with van der Waals surface area (Å²) in [6, 6.07) is 5.69. The minimum absolute atomic E-state index is 0.0730. The van der Waals surface area contributed by atoms with Crippen LogP contribution in [0.25, 0.3) is 0 Å². The Morgan fingerprint density at radius 2 is 2.20 bits per heavy atom. The maximum absolute atomic E-state index is 5.18. The normalized spacial score (nSPS) is 10.3. The lowest BCUT2D eigenvalue weighted by Gasteiger charge is -2.04. The lowest BCUT2D eigenvalue weighted by molar-refractivity contribution is 0.414. The van der Waals surface area contributed by atoms with Gasteiger partial charge in [-0.3, -0.25) is 0 Å². The van der Waals surface area contributed by atoms with E-state index in [1.807, 2.05) is 18.2 Å². The molecule has 4 N–H and O–H groups in total. The second-order valence-corrected chi connectivity index (χ2v) is 3.79. The first-order valence-corrected chi connectivity index (χ1v) is 5.17. The smallest absolute Gasteiger partial charge is 0.211 e. The van der Waals surface area contributed by atoms with E-state index in [4.69, 9.17) is 16.2 Å². The number of hydrogen-bond acceptors (Lipinski definition) is 3. The summed E-state index contributed by atoms with van der Waals surface area (Å²) in [5.74, 6) is 0.660. The molecular weight excluding hydrogens is 307 g/mol. The molecule has 0 bridgehead atoms. The minimum atomic E-state index is -0.0730. The van der Waals surface area contributed by atoms with Crippen LogP contribution in [0.4, 0.5) is 0 Å². The highest BCUT2D eigenvalue weighted by Crippen LogP contribution is 2.21. The van der Waals surface area contributed by atoms with Gasteiger partial charge in [0.2, 0.25) is 5.96 Å². The van der Waals surface area contributed by atoms with Gasteiger partial charge in [-0.15, -0.1) is 5.10 Å². The molecule has 6 heteroatoms. The molecule has 0 saturated heterocycles. The number of hydrogen-bond donors (Lipinski definition) is 2. The van der Waals surface area contributed by atoms with Crippen molar-refractivity contribution in [1.82, 2.24) is 0 Å². The number of ether oxygens (including phenoxy) is 1. The summed E-state index contributed by atoms with van der Waals surface area (Å²) in [4.78, 5) is 0. The van der Waals surface area contributed by atoms with Crippen LogP contribution in [0, 0.1) is 3.57 Å². The van der Waals surface area contributed by atoms with E-state index in [1.165, 1.54) is 0 Å². The molecule has 0 aliphatic carbocycles. The second kappa shape index (κ2) is 5.54. The van der Waals surface area contributed by atoms with E-state index < -0.39 is 0 Å². The summed E-state index contributed by atoms with van der Waals surface area (Å²) in [5.41, 5.74) is 11.1. The van der Waals surface area contributed by atoms with E-state index >= 15 is 0 Å². The molecule has 0 amide bonds. The summed E-state index contributed by atoms with van der Waals surface area (Å²) in [6.07, 6.45) is 1.56. The third-order valence-electron chi connectivity index (χ3n) is 1.59. The molecule has 0 aromatic heterocycles. The van der Waals surface area contributed by atoms with Crippen LogP contribution >= 0.6 is 22.6 Å². The highest BCUT2D eigenvalue weighted by Gasteiger charge is 2.03. The number of guanidine groups is 1. The summed E-state index contributed by atoms with van der Waals surface area (Å²) in [6.45, 7) is 0. The molecule has 0 spiro atoms. The van der Waals surface area contributed by atoms with Crippen LogP contribution in [0.5, 0.6) is 5.75 Å². The van der Waals surface area contributed by atoms with Gasteiger partial charge in [0, 0.05) is 3.57 Å². The lowest BCUT2D eigenvalue weighted by Crippen LogP contribution is -2.21. The SMILES string of the molecule is COc1cccc(I)c1C=NN=C(N)N. The van der Waals surface area contributed by atoms with Crippen LogP contribution < -0.4 is 16.2 Å². The third-order valence-corrected chi connectivity index (χ3v) is 2.53. The zero-order valence-electron chi connectivity index (χ0n) is 8.14. The van der Waals surface area contributed by atoms with Crippen molar-refractivity contribution in [2.24, 2.45) is 21.7 Å². The molecule has 80 valence electrons. The van der Waals surface area contributed by atoms with Gasteiger partial charge in [-0.1, -0.05) is 6.07 Å². The van der Waals surface area contributed by atoms with Crippen molar-refractivity contribution in [3.05, 3.63) is 27.3 Å². The molecule has 0 aliphatic rings. The number of nitrogens with zero attached hydrogens (tertiary/aromatic N) is 2. The zero-order chi connectivity index (χ0) is 11.3. The van der Waals surface area contributed by atoms with Crippen LogP contribution in [-0.4, -0.2) is 19.3 Å². The summed E-state index contributed by atoms with van der Waals surface area (Å²) in [5, 5.41) is 7.26. The van der Waals surface area contributed by atoms with Gasteiger partial charge in [0.1, 0.15) is 5.75 Å². The molecule has 0 saturated carbocycles. The monoisotopic (exact) mass is 318 g/mol. The molecule has 1 rings (SSSR count). The number of rotatable bonds is 3. The molecule has 0 heterocycles. The fourth-order valence-electron chi connectivity index (χ4n) is 0.974. The van der Waals surface area contributed by atoms with Crippen molar-refractivity contribution < 1.29 is 4.74 Å². The van der Waals surface area contributed by atoms with E-state index in [2.05, 4.69) is 32.8 Å². The molecule has 0 radical (unpaired) electrons. The van der Waals surface area contributed by atoms with Gasteiger partial charge < -0.3 is 16.2 Å². The Morgan fingerprint density at radius 3 is 2.80 bits per heavy atom. The maximum atomic E-state index is 5.18. The molecule has 0 atom stereocenters. The Balaban J connectivity index is 3.02. The Morgan fingerprint density at radius 1 is 1.47 bits per heavy atom. The average molecular weight is 318 g/mol. The highest BCUT2D eigenvalue weighted by molar-refractivity contribution is 14.1. The molecule has 0 aliphatic heterocycles. The van der Waals surface area contributed by atoms with Gasteiger partial charge in [0.15, 0.2) is 0 Å². The molecular formula is C9H11IN4O. The molecule has 15 heavy (non-hydrogen) atoms. The molecule has 1 aromatic carbocycles. The fraction of sp³-hybridized carbons (Fsp3) is 0.111. The van der Waals surface area contributed by atoms with Gasteiger partial charge in [-0.05, 0) is 34.7 Å². The van der Waals surface area contributed by atoms with E-state index in [0.29, 0.717) is 0 Å². The number of nitrogens with two attached hydrogens (primary N) is 2. The van der Waals surface area contributed by atoms with Crippen molar-refractivity contribution >= 4 is 34.8 Å². The van der Waals surface area contributed by atoms with E-state index in [9.17, 15) is 0 Å². The third kappa shape index (κ3) is 3.39.